The lowest BCUT2D eigenvalue weighted by Gasteiger charge is -2.45. The van der Waals surface area contributed by atoms with Crippen LogP contribution < -0.4 is 0 Å². The predicted molar refractivity (Wildman–Crippen MR) is 115 cm³/mol. The molecule has 184 valence electrons. The average molecular weight is 468 g/mol. The first-order valence-corrected chi connectivity index (χ1v) is 10.7. The summed E-state index contributed by atoms with van der Waals surface area (Å²) >= 11 is 0. The van der Waals surface area contributed by atoms with Gasteiger partial charge in [0.2, 0.25) is 0 Å². The van der Waals surface area contributed by atoms with Crippen LogP contribution in [0.15, 0.2) is 9.98 Å². The number of ether oxygens (including phenoxy) is 4. The van der Waals surface area contributed by atoms with Gasteiger partial charge in [0.25, 0.3) is 0 Å². The van der Waals surface area contributed by atoms with Gasteiger partial charge in [-0.1, -0.05) is 20.8 Å². The summed E-state index contributed by atoms with van der Waals surface area (Å²) < 4.78 is 21.3. The van der Waals surface area contributed by atoms with Gasteiger partial charge in [-0.3, -0.25) is 19.3 Å². The molecule has 0 aromatic rings. The third-order valence-electron chi connectivity index (χ3n) is 4.96. The SMILES string of the molecule is CC(=O)OC1C(OC(C)=O)[C@@H](N=C=NC(C)(C)CC(C)(C)C)N2C(=O)OCC2[C@H]1OC(C)=O. The first-order valence-electron chi connectivity index (χ1n) is 10.7. The third kappa shape index (κ3) is 7.02. The summed E-state index contributed by atoms with van der Waals surface area (Å²) in [6.07, 6.45) is -4.77. The number of rotatable bonds is 6. The van der Waals surface area contributed by atoms with Crippen LogP contribution in [-0.2, 0) is 33.3 Å². The Labute approximate surface area is 193 Å². The highest BCUT2D eigenvalue weighted by Crippen LogP contribution is 2.35. The fourth-order valence-electron chi connectivity index (χ4n) is 4.42. The smallest absolute Gasteiger partial charge is 0.412 e. The van der Waals surface area contributed by atoms with Gasteiger partial charge in [-0.25, -0.2) is 9.79 Å². The highest BCUT2D eigenvalue weighted by atomic mass is 16.6. The largest absolute Gasteiger partial charge is 0.456 e. The van der Waals surface area contributed by atoms with E-state index >= 15 is 0 Å². The van der Waals surface area contributed by atoms with Crippen molar-refractivity contribution in [3.05, 3.63) is 0 Å². The molecule has 33 heavy (non-hydrogen) atoms. The molecule has 0 aromatic carbocycles. The van der Waals surface area contributed by atoms with E-state index in [-0.39, 0.29) is 12.0 Å². The van der Waals surface area contributed by atoms with E-state index < -0.39 is 60.1 Å². The van der Waals surface area contributed by atoms with Crippen molar-refractivity contribution >= 4 is 30.0 Å². The van der Waals surface area contributed by atoms with Crippen LogP contribution in [0.2, 0.25) is 0 Å². The van der Waals surface area contributed by atoms with Crippen LogP contribution in [0.25, 0.3) is 0 Å². The molecule has 0 radical (unpaired) electrons. The van der Waals surface area contributed by atoms with Crippen molar-refractivity contribution in [1.29, 1.82) is 0 Å². The van der Waals surface area contributed by atoms with E-state index in [9.17, 15) is 19.2 Å². The molecule has 2 aliphatic rings. The topological polar surface area (TPSA) is 133 Å². The highest BCUT2D eigenvalue weighted by molar-refractivity contribution is 5.73. The zero-order chi connectivity index (χ0) is 25.1. The van der Waals surface area contributed by atoms with Crippen LogP contribution in [-0.4, -0.2) is 77.6 Å². The van der Waals surface area contributed by atoms with E-state index in [1.54, 1.807) is 0 Å². The Morgan fingerprint density at radius 1 is 0.970 bits per heavy atom. The molecule has 0 aromatic heterocycles. The molecular formula is C22H33N3O8. The second-order valence-electron chi connectivity index (χ2n) is 10.1. The van der Waals surface area contributed by atoms with Gasteiger partial charge in [0, 0.05) is 20.8 Å². The van der Waals surface area contributed by atoms with Crippen molar-refractivity contribution in [1.82, 2.24) is 4.90 Å². The number of amides is 1. The van der Waals surface area contributed by atoms with Crippen LogP contribution in [0.4, 0.5) is 4.79 Å². The molecule has 5 atom stereocenters. The predicted octanol–water partition coefficient (Wildman–Crippen LogP) is 2.33. The van der Waals surface area contributed by atoms with E-state index in [4.69, 9.17) is 18.9 Å². The number of nitrogens with zero attached hydrogens (tertiary/aromatic N) is 3. The molecule has 11 heteroatoms. The van der Waals surface area contributed by atoms with Crippen LogP contribution in [0.3, 0.4) is 0 Å². The number of hydrogen-bond donors (Lipinski definition) is 0. The van der Waals surface area contributed by atoms with Crippen molar-refractivity contribution < 1.29 is 38.1 Å². The summed E-state index contributed by atoms with van der Waals surface area (Å²) in [5, 5.41) is 0. The lowest BCUT2D eigenvalue weighted by Crippen LogP contribution is -2.67. The number of piperidine rings is 1. The van der Waals surface area contributed by atoms with Crippen LogP contribution >= 0.6 is 0 Å². The summed E-state index contributed by atoms with van der Waals surface area (Å²) in [4.78, 5) is 58.0. The second-order valence-corrected chi connectivity index (χ2v) is 10.1. The molecule has 2 rings (SSSR count). The minimum atomic E-state index is -1.27. The number of cyclic esters (lactones) is 1. The highest BCUT2D eigenvalue weighted by Gasteiger charge is 2.59. The van der Waals surface area contributed by atoms with Gasteiger partial charge in [0.05, 0.1) is 11.5 Å². The van der Waals surface area contributed by atoms with Gasteiger partial charge >= 0.3 is 24.0 Å². The Kier molecular flexibility index (Phi) is 7.90. The molecule has 2 heterocycles. The lowest BCUT2D eigenvalue weighted by molar-refractivity contribution is -0.205. The number of fused-ring (bicyclic) bond motifs is 1. The van der Waals surface area contributed by atoms with Crippen LogP contribution in [0, 0.1) is 5.41 Å². The monoisotopic (exact) mass is 467 g/mol. The molecule has 0 aliphatic carbocycles. The normalized spacial score (nSPS) is 27.0. The van der Waals surface area contributed by atoms with Crippen molar-refractivity contribution in [2.75, 3.05) is 6.61 Å². The lowest BCUT2D eigenvalue weighted by atomic mass is 9.82. The van der Waals surface area contributed by atoms with Crippen LogP contribution in [0.5, 0.6) is 0 Å². The number of carbonyl (C=O) groups excluding carboxylic acids is 4. The molecule has 2 fully saturated rings. The van der Waals surface area contributed by atoms with Gasteiger partial charge in [0.15, 0.2) is 24.5 Å². The van der Waals surface area contributed by atoms with Gasteiger partial charge in [0.1, 0.15) is 12.6 Å². The van der Waals surface area contributed by atoms with E-state index in [0.29, 0.717) is 0 Å². The third-order valence-corrected chi connectivity index (χ3v) is 4.96. The van der Waals surface area contributed by atoms with Crippen molar-refractivity contribution in [3.8, 4) is 0 Å². The van der Waals surface area contributed by atoms with Gasteiger partial charge in [-0.05, 0) is 25.7 Å². The minimum absolute atomic E-state index is 0.00131. The molecule has 11 nitrogen and oxygen atoms in total. The Morgan fingerprint density at radius 2 is 1.48 bits per heavy atom. The van der Waals surface area contributed by atoms with Crippen molar-refractivity contribution in [3.63, 3.8) is 0 Å². The zero-order valence-corrected chi connectivity index (χ0v) is 20.4. The Hall–Kier alpha value is -2.94. The van der Waals surface area contributed by atoms with E-state index in [0.717, 1.165) is 6.42 Å². The van der Waals surface area contributed by atoms with E-state index in [1.165, 1.54) is 25.7 Å². The van der Waals surface area contributed by atoms with E-state index in [2.05, 4.69) is 36.8 Å². The van der Waals surface area contributed by atoms with Gasteiger partial charge in [-0.2, -0.15) is 4.99 Å². The average Bonchev–Trinajstić information content (AvgIpc) is 2.98. The molecule has 0 spiro atoms. The van der Waals surface area contributed by atoms with Crippen molar-refractivity contribution in [2.24, 2.45) is 15.4 Å². The van der Waals surface area contributed by atoms with E-state index in [1.807, 2.05) is 13.8 Å². The molecule has 2 saturated heterocycles. The molecule has 0 bridgehead atoms. The molecule has 0 N–H and O–H groups in total. The maximum atomic E-state index is 12.6. The molecule has 3 unspecified atom stereocenters. The summed E-state index contributed by atoms with van der Waals surface area (Å²) in [5.74, 6) is -2.05. The summed E-state index contributed by atoms with van der Waals surface area (Å²) in [6, 6.07) is 1.84. The molecule has 1 amide bonds. The maximum absolute atomic E-state index is 12.6. The fourth-order valence-corrected chi connectivity index (χ4v) is 4.42. The first kappa shape index (κ1) is 26.3. The Bertz CT molecular complexity index is 856. The molecule has 0 saturated carbocycles. The van der Waals surface area contributed by atoms with Crippen molar-refractivity contribution in [2.45, 2.75) is 97.9 Å². The van der Waals surface area contributed by atoms with Crippen LogP contribution in [0.1, 0.15) is 61.8 Å². The molecule has 2 aliphatic heterocycles. The molecular weight excluding hydrogens is 434 g/mol. The van der Waals surface area contributed by atoms with Gasteiger partial charge < -0.3 is 18.9 Å². The first-order chi connectivity index (χ1) is 15.1. The van der Waals surface area contributed by atoms with Gasteiger partial charge in [-0.15, -0.1) is 0 Å². The Balaban J connectivity index is 2.53. The maximum Gasteiger partial charge on any atom is 0.412 e. The Morgan fingerprint density at radius 3 is 2.00 bits per heavy atom. The summed E-state index contributed by atoms with van der Waals surface area (Å²) in [5.41, 5.74) is -0.505. The zero-order valence-electron chi connectivity index (χ0n) is 20.4. The number of aliphatic imine (C=N–C) groups is 2. The second kappa shape index (κ2) is 9.91. The summed E-state index contributed by atoms with van der Waals surface area (Å²) in [6.45, 7) is 13.5. The summed E-state index contributed by atoms with van der Waals surface area (Å²) in [7, 11) is 0. The number of hydrogen-bond acceptors (Lipinski definition) is 10. The number of esters is 3. The standard InChI is InChI=1S/C22H33N3O8/c1-12(26)31-16-15-9-30-20(29)25(15)19(18(33-14(3)28)17(16)32-13(2)27)23-11-24-22(7,8)10-21(4,5)6/h15-19H,9-10H2,1-8H3/t15?,16-,17?,18?,19+/m1/s1. The quantitative estimate of drug-likeness (QED) is 0.330. The number of carbonyl (C=O) groups is 4. The minimum Gasteiger partial charge on any atom is -0.456 e. The fraction of sp³-hybridized carbons (Fsp3) is 0.773.